The molecule has 5 fully saturated rings. The predicted octanol–water partition coefficient (Wildman–Crippen LogP) is 6.83. The molecule has 17 heteroatoms. The Hall–Kier alpha value is -5.45. The van der Waals surface area contributed by atoms with Crippen LogP contribution in [0.3, 0.4) is 0 Å². The minimum absolute atomic E-state index is 0.00784. The molecule has 3 N–H and O–H groups in total. The summed E-state index contributed by atoms with van der Waals surface area (Å²) in [6.07, 6.45) is 6.84. The normalized spacial score (nSPS) is 31.4. The van der Waals surface area contributed by atoms with Gasteiger partial charge in [0.15, 0.2) is 11.6 Å². The number of methoxy groups -OCH3 is 1. The lowest BCUT2D eigenvalue weighted by atomic mass is 9.86. The van der Waals surface area contributed by atoms with Gasteiger partial charge in [-0.2, -0.15) is 0 Å². The van der Waals surface area contributed by atoms with Crippen molar-refractivity contribution in [3.63, 3.8) is 0 Å². The van der Waals surface area contributed by atoms with Crippen molar-refractivity contribution in [1.82, 2.24) is 24.8 Å². The number of carbonyl (C=O) groups is 4. The molecule has 1 saturated heterocycles. The molecular weight excluding hydrogens is 870 g/mol. The van der Waals surface area contributed by atoms with E-state index in [1.165, 1.54) is 23.0 Å². The van der Waals surface area contributed by atoms with E-state index in [1.54, 1.807) is 12.1 Å². The molecule has 0 spiro atoms. The van der Waals surface area contributed by atoms with Crippen molar-refractivity contribution in [3.05, 3.63) is 60.4 Å². The topological polar surface area (TPSA) is 194 Å². The second-order valence-corrected chi connectivity index (χ2v) is 21.9. The quantitative estimate of drug-likeness (QED) is 0.171. The Morgan fingerprint density at radius 3 is 2.41 bits per heavy atom. The largest absolute Gasteiger partial charge is 0.494 e. The number of ether oxygens (including phenoxy) is 3. The van der Waals surface area contributed by atoms with E-state index in [2.05, 4.69) is 17.0 Å². The maximum Gasteiger partial charge on any atom is 0.408 e. The minimum Gasteiger partial charge on any atom is -0.494 e. The number of pyridine rings is 1. The van der Waals surface area contributed by atoms with Gasteiger partial charge in [-0.1, -0.05) is 26.0 Å². The number of carboxylic acid groups (broad SMARTS) is 1. The first-order chi connectivity index (χ1) is 31.4. The van der Waals surface area contributed by atoms with Gasteiger partial charge in [-0.25, -0.2) is 22.6 Å². The van der Waals surface area contributed by atoms with Crippen molar-refractivity contribution in [1.29, 1.82) is 0 Å². The lowest BCUT2D eigenvalue weighted by Gasteiger charge is -2.40. The van der Waals surface area contributed by atoms with Crippen LogP contribution in [0.4, 0.5) is 9.18 Å². The molecule has 10 atom stereocenters. The Balaban J connectivity index is 1.10. The lowest BCUT2D eigenvalue weighted by Crippen LogP contribution is -2.61. The van der Waals surface area contributed by atoms with Crippen LogP contribution in [0.15, 0.2) is 54.6 Å². The molecule has 3 heterocycles. The van der Waals surface area contributed by atoms with Gasteiger partial charge in [-0.15, -0.1) is 0 Å². The van der Waals surface area contributed by atoms with Crippen LogP contribution in [-0.2, 0) is 24.4 Å². The lowest BCUT2D eigenvalue weighted by molar-refractivity contribution is -0.145. The molecule has 354 valence electrons. The number of nitrogens with one attached hydrogen (secondary N) is 2. The van der Waals surface area contributed by atoms with E-state index in [0.29, 0.717) is 78.1 Å². The van der Waals surface area contributed by atoms with Crippen LogP contribution in [0.2, 0.25) is 0 Å². The number of aromatic nitrogens is 1. The Kier molecular flexibility index (Phi) is 12.2. The minimum atomic E-state index is -3.97. The number of amides is 4. The summed E-state index contributed by atoms with van der Waals surface area (Å²) in [6.45, 7) is 7.67. The Morgan fingerprint density at radius 2 is 1.74 bits per heavy atom. The monoisotopic (exact) mass is 929 g/mol. The predicted molar refractivity (Wildman–Crippen MR) is 243 cm³/mol. The van der Waals surface area contributed by atoms with E-state index in [-0.39, 0.29) is 49.1 Å². The molecule has 4 saturated carbocycles. The first kappa shape index (κ1) is 45.7. The molecule has 3 aromatic rings. The molecule has 9 rings (SSSR count). The Bertz CT molecular complexity index is 2540. The number of rotatable bonds is 11. The third kappa shape index (κ3) is 9.15. The van der Waals surface area contributed by atoms with Crippen molar-refractivity contribution in [3.8, 4) is 28.6 Å². The van der Waals surface area contributed by atoms with Crippen LogP contribution in [0.25, 0.3) is 22.0 Å². The fraction of sp³-hybridized carbons (Fsp3) is 0.571. The third-order valence-electron chi connectivity index (χ3n) is 14.6. The first-order valence-electron chi connectivity index (χ1n) is 23.4. The highest BCUT2D eigenvalue weighted by Crippen LogP contribution is 2.54. The number of nitrogens with zero attached hydrogens (tertiary/aromatic N) is 3. The van der Waals surface area contributed by atoms with Gasteiger partial charge in [0.2, 0.25) is 27.7 Å². The number of fused-ring (bicyclic) bond motifs is 4. The fourth-order valence-electron chi connectivity index (χ4n) is 10.8. The van der Waals surface area contributed by atoms with Crippen molar-refractivity contribution >= 4 is 44.6 Å². The van der Waals surface area contributed by atoms with Gasteiger partial charge in [0, 0.05) is 29.3 Å². The first-order valence-corrected chi connectivity index (χ1v) is 25.0. The van der Waals surface area contributed by atoms with Crippen LogP contribution < -0.4 is 24.2 Å². The van der Waals surface area contributed by atoms with Crippen molar-refractivity contribution < 1.29 is 51.3 Å². The molecule has 66 heavy (non-hydrogen) atoms. The molecule has 15 nitrogen and oxygen atoms in total. The highest BCUT2D eigenvalue weighted by molar-refractivity contribution is 7.91. The van der Waals surface area contributed by atoms with E-state index in [4.69, 9.17) is 19.2 Å². The molecule has 4 amide bonds. The number of hydrogen-bond acceptors (Lipinski definition) is 10. The number of hydrogen-bond donors (Lipinski definition) is 3. The van der Waals surface area contributed by atoms with Gasteiger partial charge in [0.25, 0.3) is 5.91 Å². The van der Waals surface area contributed by atoms with Crippen molar-refractivity contribution in [2.45, 2.75) is 133 Å². The van der Waals surface area contributed by atoms with Gasteiger partial charge in [0.1, 0.15) is 29.5 Å². The van der Waals surface area contributed by atoms with Gasteiger partial charge in [0.05, 0.1) is 30.7 Å². The second kappa shape index (κ2) is 17.6. The molecular formula is C49H60FN5O10S. The second-order valence-electron chi connectivity index (χ2n) is 20.0. The van der Waals surface area contributed by atoms with Gasteiger partial charge in [-0.3, -0.25) is 24.0 Å². The van der Waals surface area contributed by atoms with Crippen LogP contribution in [0.5, 0.6) is 17.4 Å². The molecule has 0 radical (unpaired) electrons. The van der Waals surface area contributed by atoms with Gasteiger partial charge < -0.3 is 29.5 Å². The zero-order valence-corrected chi connectivity index (χ0v) is 38.9. The third-order valence-corrected chi connectivity index (χ3v) is 16.4. The van der Waals surface area contributed by atoms with E-state index < -0.39 is 80.5 Å². The molecule has 1 aromatic heterocycles. The van der Waals surface area contributed by atoms with Gasteiger partial charge >= 0.3 is 6.09 Å². The van der Waals surface area contributed by atoms with E-state index >= 15 is 9.18 Å². The SMILES string of the molecule is COc1cc2cc(-c3ccc(OC(C)C)cc3)nc(O[C@@H]3C[C@H]4C(=O)N[C@]5(C(=O)NS(=O)(=O)C6CC6)C[C@H]5/C=C\CC[C@H](C)C[C@@H](C)[C@H](N(C(=O)O)C5CC6C[C@H]6C5)C(=O)N4C3)c2cc1F. The number of benzene rings is 2. The highest BCUT2D eigenvalue weighted by atomic mass is 32.2. The summed E-state index contributed by atoms with van der Waals surface area (Å²) in [7, 11) is -2.60. The molecule has 6 aliphatic rings. The van der Waals surface area contributed by atoms with E-state index in [1.807, 2.05) is 57.2 Å². The van der Waals surface area contributed by atoms with Crippen LogP contribution >= 0.6 is 0 Å². The number of halogens is 1. The molecule has 0 bridgehead atoms. The smallest absolute Gasteiger partial charge is 0.408 e. The van der Waals surface area contributed by atoms with Crippen molar-refractivity contribution in [2.75, 3.05) is 13.7 Å². The van der Waals surface area contributed by atoms with Crippen LogP contribution in [0.1, 0.15) is 91.9 Å². The van der Waals surface area contributed by atoms with Gasteiger partial charge in [-0.05, 0) is 143 Å². The molecule has 2 aromatic carbocycles. The maximum atomic E-state index is 15.5. The van der Waals surface area contributed by atoms with E-state index in [0.717, 1.165) is 12.8 Å². The zero-order valence-electron chi connectivity index (χ0n) is 38.1. The van der Waals surface area contributed by atoms with Crippen LogP contribution in [0, 0.1) is 35.4 Å². The highest BCUT2D eigenvalue weighted by Gasteiger charge is 2.62. The summed E-state index contributed by atoms with van der Waals surface area (Å²) in [5.74, 6) is -2.05. The average Bonchev–Trinajstić information content (AvgIpc) is 4.23. The maximum absolute atomic E-state index is 15.5. The summed E-state index contributed by atoms with van der Waals surface area (Å²) < 4.78 is 61.7. The average molecular weight is 930 g/mol. The Labute approximate surface area is 384 Å². The van der Waals surface area contributed by atoms with E-state index in [9.17, 15) is 27.9 Å². The summed E-state index contributed by atoms with van der Waals surface area (Å²) in [6, 6.07) is 9.16. The summed E-state index contributed by atoms with van der Waals surface area (Å²) in [4.78, 5) is 65.4. The number of carbonyl (C=O) groups excluding carboxylic acids is 3. The Morgan fingerprint density at radius 1 is 1.02 bits per heavy atom. The zero-order chi connectivity index (χ0) is 46.8. The fourth-order valence-corrected chi connectivity index (χ4v) is 12.2. The number of sulfonamides is 1. The summed E-state index contributed by atoms with van der Waals surface area (Å²) >= 11 is 0. The van der Waals surface area contributed by atoms with Crippen molar-refractivity contribution in [2.24, 2.45) is 29.6 Å². The summed E-state index contributed by atoms with van der Waals surface area (Å²) in [5, 5.41) is 14.0. The summed E-state index contributed by atoms with van der Waals surface area (Å²) in [5.41, 5.74) is -0.405. The molecule has 2 unspecified atom stereocenters. The molecule has 2 aliphatic heterocycles. The van der Waals surface area contributed by atoms with Crippen LogP contribution in [-0.4, -0.2) is 107 Å². The molecule has 4 aliphatic carbocycles. The standard InChI is InChI=1S/C49H60FN5O10S/c1-26(2)64-35-12-10-29(11-13-35)40-20-32-21-42(63-5)39(50)23-38(32)45(51-40)65-36-22-41-44(56)52-49(47(58)53-66(61,62)37-14-15-37)24-33(49)9-7-6-8-27(3)16-28(4)43(46(57)54(41)25-36)55(48(59)60)34-18-30-17-31(30)19-34/h7,9-13,20-21,23,26-28,30-31,33-34,36-37,41,43H,6,8,14-19,22,24-25H2,1-5H3,(H,52,56)(H,53,58)(H,59,60)/b9-7-/t27-,28+,30-,31?,33+,34?,36+,41-,43-,49+/m0/s1. The number of allylic oxidation sites excluding steroid dienone is 1.